The minimum Gasteiger partial charge on any atom is -0.288 e. The van der Waals surface area contributed by atoms with Crippen LogP contribution in [0, 0.1) is 6.92 Å². The lowest BCUT2D eigenvalue weighted by atomic mass is 10.1. The summed E-state index contributed by atoms with van der Waals surface area (Å²) in [6, 6.07) is 8.26. The fourth-order valence-corrected chi connectivity index (χ4v) is 4.07. The molecule has 126 valence electrons. The second-order valence-electron chi connectivity index (χ2n) is 5.67. The topological polar surface area (TPSA) is 99.6 Å². The Morgan fingerprint density at radius 2 is 2.00 bits per heavy atom. The lowest BCUT2D eigenvalue weighted by molar-refractivity contribution is 0.0705. The Bertz CT molecular complexity index is 879. The fraction of sp³-hybridized carbons (Fsp3) is 0.250. The van der Waals surface area contributed by atoms with E-state index in [4.69, 9.17) is 5.21 Å². The molecule has 0 fully saturated rings. The first-order valence-electron chi connectivity index (χ1n) is 7.41. The predicted molar refractivity (Wildman–Crippen MR) is 86.0 cm³/mol. The highest BCUT2D eigenvalue weighted by molar-refractivity contribution is 7.89. The third-order valence-electron chi connectivity index (χ3n) is 4.03. The molecule has 0 saturated heterocycles. The Kier molecular flexibility index (Phi) is 4.35. The number of hydroxylamine groups is 1. The van der Waals surface area contributed by atoms with Gasteiger partial charge in [-0.15, -0.1) is 0 Å². The Hall–Kier alpha value is -2.29. The zero-order chi connectivity index (χ0) is 17.3. The van der Waals surface area contributed by atoms with Crippen molar-refractivity contribution < 1.29 is 18.4 Å². The third-order valence-corrected chi connectivity index (χ3v) is 5.89. The van der Waals surface area contributed by atoms with Crippen molar-refractivity contribution in [1.29, 1.82) is 0 Å². The number of hydrogen-bond donors (Lipinski definition) is 2. The number of aryl methyl sites for hydroxylation is 1. The van der Waals surface area contributed by atoms with Crippen LogP contribution < -0.4 is 5.48 Å². The van der Waals surface area contributed by atoms with Crippen molar-refractivity contribution in [3.8, 4) is 0 Å². The van der Waals surface area contributed by atoms with E-state index in [2.05, 4.69) is 4.98 Å². The molecule has 0 saturated carbocycles. The molecule has 24 heavy (non-hydrogen) atoms. The molecule has 0 spiro atoms. The first-order chi connectivity index (χ1) is 11.4. The number of benzene rings is 1. The van der Waals surface area contributed by atoms with Gasteiger partial charge in [-0.25, -0.2) is 13.9 Å². The van der Waals surface area contributed by atoms with Gasteiger partial charge >= 0.3 is 0 Å². The maximum atomic E-state index is 12.8. The summed E-state index contributed by atoms with van der Waals surface area (Å²) in [6.07, 6.45) is 1.84. The SMILES string of the molecule is Cc1ccc(S(=O)(=O)N2CCc3ncc(C(=O)NO)cc3C2)cc1. The van der Waals surface area contributed by atoms with Crippen LogP contribution in [0.5, 0.6) is 0 Å². The van der Waals surface area contributed by atoms with Crippen molar-refractivity contribution >= 4 is 15.9 Å². The van der Waals surface area contributed by atoms with Crippen LogP contribution >= 0.6 is 0 Å². The number of carbonyl (C=O) groups is 1. The molecular formula is C16H17N3O4S. The van der Waals surface area contributed by atoms with E-state index in [1.807, 2.05) is 6.92 Å². The third kappa shape index (κ3) is 3.03. The van der Waals surface area contributed by atoms with Gasteiger partial charge in [-0.3, -0.25) is 15.0 Å². The summed E-state index contributed by atoms with van der Waals surface area (Å²) in [5.41, 5.74) is 4.15. The zero-order valence-corrected chi connectivity index (χ0v) is 13.9. The monoisotopic (exact) mass is 347 g/mol. The minimum atomic E-state index is -3.60. The molecule has 1 amide bonds. The van der Waals surface area contributed by atoms with Crippen molar-refractivity contribution in [2.24, 2.45) is 0 Å². The second kappa shape index (κ2) is 6.31. The number of pyridine rings is 1. The van der Waals surface area contributed by atoms with E-state index < -0.39 is 15.9 Å². The van der Waals surface area contributed by atoms with Gasteiger partial charge in [-0.05, 0) is 30.7 Å². The molecule has 2 heterocycles. The molecule has 0 atom stereocenters. The lowest BCUT2D eigenvalue weighted by Crippen LogP contribution is -2.36. The highest BCUT2D eigenvalue weighted by atomic mass is 32.2. The first kappa shape index (κ1) is 16.6. The smallest absolute Gasteiger partial charge is 0.276 e. The Labute approximate surface area is 140 Å². The van der Waals surface area contributed by atoms with Gasteiger partial charge < -0.3 is 0 Å². The molecule has 1 aliphatic rings. The van der Waals surface area contributed by atoms with Crippen LogP contribution in [0.25, 0.3) is 0 Å². The normalized spacial score (nSPS) is 14.9. The first-order valence-corrected chi connectivity index (χ1v) is 8.85. The number of nitrogens with zero attached hydrogens (tertiary/aromatic N) is 2. The Morgan fingerprint density at radius 1 is 1.29 bits per heavy atom. The fourth-order valence-electron chi connectivity index (χ4n) is 2.65. The highest BCUT2D eigenvalue weighted by Gasteiger charge is 2.29. The van der Waals surface area contributed by atoms with Gasteiger partial charge in [-0.2, -0.15) is 4.31 Å². The number of fused-ring (bicyclic) bond motifs is 1. The molecule has 8 heteroatoms. The number of aromatic nitrogens is 1. The Morgan fingerprint density at radius 3 is 2.67 bits per heavy atom. The van der Waals surface area contributed by atoms with Crippen LogP contribution in [0.15, 0.2) is 41.4 Å². The zero-order valence-electron chi connectivity index (χ0n) is 13.1. The maximum Gasteiger partial charge on any atom is 0.276 e. The molecule has 1 aliphatic heterocycles. The van der Waals surface area contributed by atoms with E-state index in [0.717, 1.165) is 11.3 Å². The van der Waals surface area contributed by atoms with Crippen LogP contribution in [-0.2, 0) is 23.0 Å². The summed E-state index contributed by atoms with van der Waals surface area (Å²) in [5.74, 6) is -0.677. The van der Waals surface area contributed by atoms with Gasteiger partial charge in [0.05, 0.1) is 10.5 Å². The van der Waals surface area contributed by atoms with E-state index in [9.17, 15) is 13.2 Å². The van der Waals surface area contributed by atoms with Gasteiger partial charge in [-0.1, -0.05) is 17.7 Å². The summed E-state index contributed by atoms with van der Waals surface area (Å²) in [6.45, 7) is 2.37. The number of amides is 1. The summed E-state index contributed by atoms with van der Waals surface area (Å²) >= 11 is 0. The minimum absolute atomic E-state index is 0.144. The summed E-state index contributed by atoms with van der Waals surface area (Å²) in [4.78, 5) is 15.9. The van der Waals surface area contributed by atoms with Crippen LogP contribution in [0.2, 0.25) is 0 Å². The van der Waals surface area contributed by atoms with Crippen molar-refractivity contribution in [1.82, 2.24) is 14.8 Å². The molecule has 0 aliphatic carbocycles. The molecular weight excluding hydrogens is 330 g/mol. The van der Waals surface area contributed by atoms with Crippen molar-refractivity contribution in [3.05, 3.63) is 58.9 Å². The molecule has 2 aromatic rings. The molecule has 7 nitrogen and oxygen atoms in total. The van der Waals surface area contributed by atoms with Gasteiger partial charge in [0.1, 0.15) is 0 Å². The number of hydrogen-bond acceptors (Lipinski definition) is 5. The molecule has 1 aromatic carbocycles. The van der Waals surface area contributed by atoms with Gasteiger partial charge in [0.15, 0.2) is 0 Å². The lowest BCUT2D eigenvalue weighted by Gasteiger charge is -2.27. The van der Waals surface area contributed by atoms with Crippen molar-refractivity contribution in [2.75, 3.05) is 6.54 Å². The average molecular weight is 347 g/mol. The highest BCUT2D eigenvalue weighted by Crippen LogP contribution is 2.24. The van der Waals surface area contributed by atoms with Crippen LogP contribution in [0.4, 0.5) is 0 Å². The van der Waals surface area contributed by atoms with Crippen molar-refractivity contribution in [2.45, 2.75) is 24.8 Å². The van der Waals surface area contributed by atoms with E-state index in [-0.39, 0.29) is 17.0 Å². The standard InChI is InChI=1S/C16H17N3O4S/c1-11-2-4-14(5-3-11)24(22,23)19-7-6-15-13(10-19)8-12(9-17-15)16(20)18-21/h2-5,8-9,21H,6-7,10H2,1H3,(H,18,20). The predicted octanol–water partition coefficient (Wildman–Crippen LogP) is 1.26. The van der Waals surface area contributed by atoms with E-state index in [1.54, 1.807) is 35.8 Å². The molecule has 1 aromatic heterocycles. The maximum absolute atomic E-state index is 12.8. The van der Waals surface area contributed by atoms with Gasteiger partial charge in [0.25, 0.3) is 5.91 Å². The van der Waals surface area contributed by atoms with Gasteiger partial charge in [0.2, 0.25) is 10.0 Å². The summed E-state index contributed by atoms with van der Waals surface area (Å²) < 4.78 is 26.9. The number of carbonyl (C=O) groups excluding carboxylic acids is 1. The number of nitrogens with one attached hydrogen (secondary N) is 1. The van der Waals surface area contributed by atoms with Crippen LogP contribution in [0.1, 0.15) is 27.2 Å². The van der Waals surface area contributed by atoms with Crippen molar-refractivity contribution in [3.63, 3.8) is 0 Å². The number of sulfonamides is 1. The molecule has 2 N–H and O–H groups in total. The van der Waals surface area contributed by atoms with E-state index in [1.165, 1.54) is 10.5 Å². The van der Waals surface area contributed by atoms with Crippen LogP contribution in [0.3, 0.4) is 0 Å². The molecule has 0 bridgehead atoms. The molecule has 0 unspecified atom stereocenters. The van der Waals surface area contributed by atoms with Gasteiger partial charge in [0, 0.05) is 31.4 Å². The summed E-state index contributed by atoms with van der Waals surface area (Å²) in [5, 5.41) is 8.71. The van der Waals surface area contributed by atoms with E-state index in [0.29, 0.717) is 18.5 Å². The average Bonchev–Trinajstić information content (AvgIpc) is 2.60. The molecule has 3 rings (SSSR count). The second-order valence-corrected chi connectivity index (χ2v) is 7.61. The quantitative estimate of drug-likeness (QED) is 0.643. The molecule has 0 radical (unpaired) electrons. The van der Waals surface area contributed by atoms with Crippen LogP contribution in [-0.4, -0.2) is 35.4 Å². The number of rotatable bonds is 3. The summed E-state index contributed by atoms with van der Waals surface area (Å²) in [7, 11) is -3.60. The largest absolute Gasteiger partial charge is 0.288 e. The van der Waals surface area contributed by atoms with E-state index >= 15 is 0 Å². The Balaban J connectivity index is 1.91.